The fraction of sp³-hybridized carbons (Fsp3) is 0.458. The minimum Gasteiger partial charge on any atom is -0.458 e. The van der Waals surface area contributed by atoms with Crippen molar-refractivity contribution in [2.75, 3.05) is 6.61 Å². The lowest BCUT2D eigenvalue weighted by Crippen LogP contribution is -2.80. The van der Waals surface area contributed by atoms with Crippen molar-refractivity contribution < 1.29 is 80.9 Å². The second-order valence-electron chi connectivity index (χ2n) is 18.0. The molecule has 7 rings (SSSR count). The maximum atomic E-state index is 15.5. The molecular weight excluding hydrogens is 872 g/mol. The highest BCUT2D eigenvalue weighted by Gasteiger charge is 2.76. The Morgan fingerprint density at radius 3 is 1.95 bits per heavy atom. The zero-order valence-electron chi connectivity index (χ0n) is 36.7. The number of esters is 4. The Morgan fingerprint density at radius 1 is 0.833 bits per heavy atom. The van der Waals surface area contributed by atoms with E-state index in [9.17, 15) is 52.5 Å². The second kappa shape index (κ2) is 17.7. The van der Waals surface area contributed by atoms with Gasteiger partial charge in [-0.15, -0.1) is 0 Å². The van der Waals surface area contributed by atoms with Crippen molar-refractivity contribution in [1.29, 1.82) is 0 Å². The molecule has 3 aromatic rings. The maximum absolute atomic E-state index is 15.5. The van der Waals surface area contributed by atoms with E-state index in [1.807, 2.05) is 0 Å². The van der Waals surface area contributed by atoms with E-state index in [0.29, 0.717) is 12.1 Å². The number of carbonyl (C=O) groups is 6. The fourth-order valence-electron chi connectivity index (χ4n) is 10.6. The van der Waals surface area contributed by atoms with Gasteiger partial charge in [-0.2, -0.15) is 13.2 Å². The van der Waals surface area contributed by atoms with Crippen molar-refractivity contribution in [3.05, 3.63) is 118 Å². The van der Waals surface area contributed by atoms with Crippen LogP contribution in [0.5, 0.6) is 0 Å². The summed E-state index contributed by atoms with van der Waals surface area (Å²) in [5.74, 6) is -8.94. The molecule has 3 fully saturated rings. The van der Waals surface area contributed by atoms with Gasteiger partial charge in [0, 0.05) is 31.7 Å². The number of aliphatic hydroxyl groups is 3. The summed E-state index contributed by atoms with van der Waals surface area (Å²) in [7, 11) is 0. The molecule has 3 aromatic carbocycles. The predicted molar refractivity (Wildman–Crippen MR) is 223 cm³/mol. The first-order chi connectivity index (χ1) is 30.9. The summed E-state index contributed by atoms with van der Waals surface area (Å²) in [6, 6.07) is 16.8. The molecule has 18 heteroatoms. The van der Waals surface area contributed by atoms with Crippen LogP contribution in [0.25, 0.3) is 0 Å². The monoisotopic (exact) mass is 921 g/mol. The summed E-state index contributed by atoms with van der Waals surface area (Å²) < 4.78 is 70.9. The van der Waals surface area contributed by atoms with Gasteiger partial charge in [0.15, 0.2) is 23.6 Å². The van der Waals surface area contributed by atoms with Gasteiger partial charge in [-0.1, -0.05) is 62.4 Å². The van der Waals surface area contributed by atoms with E-state index in [1.165, 1.54) is 50.2 Å². The van der Waals surface area contributed by atoms with E-state index in [4.69, 9.17) is 23.7 Å². The molecule has 352 valence electrons. The van der Waals surface area contributed by atoms with Crippen LogP contribution in [0.1, 0.15) is 85.8 Å². The summed E-state index contributed by atoms with van der Waals surface area (Å²) in [6.45, 7) is 7.73. The standard InChI is InChI=1S/C48H50F3NO14/c1-23-32-39(63-24(2)53)41(58)46(6)30(55)21-31-47(22-62-31,66-25(3)54)40(46)38(65-43(60)28-15-11-8-12-16-28)33(45(32,4)5)35(56)37(23)64-44(61)36(57)34(52-42(59)27-13-9-7-10-14-27)26-17-19-29(20-18-26)48(49,50)51/h7-20,30-31,33-40,55-57H,21-22H2,1-6H3,(H,52,59)/t30-,31+,33?,34-,35+,36-,37?,38?,39+,40?,46+,47-/m0/s1. The summed E-state index contributed by atoms with van der Waals surface area (Å²) >= 11 is 0. The Balaban J connectivity index is 1.38. The third-order valence-corrected chi connectivity index (χ3v) is 13.7. The highest BCUT2D eigenvalue weighted by Crippen LogP contribution is 2.63. The number of aliphatic hydroxyl groups excluding tert-OH is 3. The number of fused-ring (bicyclic) bond motifs is 5. The number of rotatable bonds is 10. The molecule has 15 nitrogen and oxygen atoms in total. The van der Waals surface area contributed by atoms with Crippen LogP contribution in [0.4, 0.5) is 13.2 Å². The molecule has 3 aliphatic carbocycles. The normalized spacial score (nSPS) is 30.9. The Bertz CT molecular complexity index is 2420. The average Bonchev–Trinajstić information content (AvgIpc) is 3.26. The number of ether oxygens (including phenoxy) is 5. The first-order valence-electron chi connectivity index (χ1n) is 21.2. The molecule has 2 saturated carbocycles. The number of nitrogens with one attached hydrogen (secondary N) is 1. The number of benzene rings is 3. The zero-order valence-corrected chi connectivity index (χ0v) is 36.7. The molecule has 0 aromatic heterocycles. The highest BCUT2D eigenvalue weighted by molar-refractivity contribution is 5.96. The number of Topliss-reactive ketones (excluding diaryl/α,β-unsaturated/α-hetero) is 1. The SMILES string of the molecule is CC(=O)O[C@H]1C(=O)[C@@]2(C)C(C(OC(=O)c3ccccc3)C3[C@@H](O)C(OC(=O)[C@@H](O)[C@@H](NC(=O)c4ccccc4)c4ccc(C(F)(F)F)cc4)C(C)=C1C3(C)C)[C@]1(OC(C)=O)CO[C@@H]1C[C@@H]2O. The van der Waals surface area contributed by atoms with Gasteiger partial charge >= 0.3 is 30.1 Å². The number of hydrogen-bond acceptors (Lipinski definition) is 14. The van der Waals surface area contributed by atoms with Gasteiger partial charge in [0.2, 0.25) is 0 Å². The molecule has 4 N–H and O–H groups in total. The maximum Gasteiger partial charge on any atom is 0.416 e. The van der Waals surface area contributed by atoms with E-state index in [1.54, 1.807) is 38.1 Å². The summed E-state index contributed by atoms with van der Waals surface area (Å²) in [4.78, 5) is 83.6. The minimum absolute atomic E-state index is 0.0110. The molecule has 1 saturated heterocycles. The Kier molecular flexibility index (Phi) is 12.9. The van der Waals surface area contributed by atoms with Gasteiger partial charge in [0.1, 0.15) is 24.4 Å². The molecule has 4 aliphatic rings. The molecule has 66 heavy (non-hydrogen) atoms. The molecule has 2 bridgehead atoms. The predicted octanol–water partition coefficient (Wildman–Crippen LogP) is 4.61. The molecule has 4 unspecified atom stereocenters. The lowest BCUT2D eigenvalue weighted by Gasteiger charge is -2.66. The van der Waals surface area contributed by atoms with E-state index in [2.05, 4.69) is 5.32 Å². The fourth-order valence-corrected chi connectivity index (χ4v) is 10.6. The Labute approximate surface area is 377 Å². The number of alkyl halides is 3. The van der Waals surface area contributed by atoms with Crippen LogP contribution in [0, 0.1) is 22.7 Å². The summed E-state index contributed by atoms with van der Waals surface area (Å²) in [6.07, 6.45) is -17.3. The van der Waals surface area contributed by atoms with Gasteiger partial charge in [0.05, 0.1) is 41.2 Å². The minimum atomic E-state index is -4.75. The number of carbonyl (C=O) groups excluding carboxylic acids is 6. The van der Waals surface area contributed by atoms with Crippen molar-refractivity contribution in [3.8, 4) is 0 Å². The van der Waals surface area contributed by atoms with Gasteiger partial charge < -0.3 is 44.3 Å². The van der Waals surface area contributed by atoms with Crippen LogP contribution in [-0.4, -0.2) is 106 Å². The quantitative estimate of drug-likeness (QED) is 0.124. The topological polar surface area (TPSA) is 221 Å². The van der Waals surface area contributed by atoms with Crippen molar-refractivity contribution in [2.45, 2.75) is 109 Å². The zero-order chi connectivity index (χ0) is 48.3. The number of halogens is 3. The van der Waals surface area contributed by atoms with E-state index in [0.717, 1.165) is 26.0 Å². The smallest absolute Gasteiger partial charge is 0.416 e. The first kappa shape index (κ1) is 48.0. The average molecular weight is 922 g/mol. The molecule has 0 radical (unpaired) electrons. The van der Waals surface area contributed by atoms with E-state index < -0.39 is 124 Å². The molecule has 12 atom stereocenters. The largest absolute Gasteiger partial charge is 0.458 e. The first-order valence-corrected chi connectivity index (χ1v) is 21.2. The van der Waals surface area contributed by atoms with Gasteiger partial charge in [-0.25, -0.2) is 9.59 Å². The summed E-state index contributed by atoms with van der Waals surface area (Å²) in [5.41, 5.74) is -6.53. The van der Waals surface area contributed by atoms with Crippen LogP contribution in [-0.2, 0) is 49.0 Å². The van der Waals surface area contributed by atoms with Crippen LogP contribution in [0.15, 0.2) is 96.1 Å². The van der Waals surface area contributed by atoms with Gasteiger partial charge in [-0.3, -0.25) is 19.2 Å². The van der Waals surface area contributed by atoms with Crippen LogP contribution in [0.2, 0.25) is 0 Å². The van der Waals surface area contributed by atoms with Crippen LogP contribution in [0.3, 0.4) is 0 Å². The third kappa shape index (κ3) is 8.28. The third-order valence-electron chi connectivity index (χ3n) is 13.7. The van der Waals surface area contributed by atoms with E-state index >= 15 is 4.79 Å². The van der Waals surface area contributed by atoms with Crippen molar-refractivity contribution in [1.82, 2.24) is 5.32 Å². The van der Waals surface area contributed by atoms with Gasteiger partial charge in [0.25, 0.3) is 5.91 Å². The lowest BCUT2D eigenvalue weighted by atomic mass is 9.45. The molecule has 1 aliphatic heterocycles. The number of hydrogen-bond donors (Lipinski definition) is 4. The van der Waals surface area contributed by atoms with Crippen LogP contribution >= 0.6 is 0 Å². The molecule has 0 spiro atoms. The lowest BCUT2D eigenvalue weighted by molar-refractivity contribution is -0.337. The Hall–Kier alpha value is -5.95. The van der Waals surface area contributed by atoms with E-state index in [-0.39, 0.29) is 40.9 Å². The van der Waals surface area contributed by atoms with Crippen molar-refractivity contribution in [2.24, 2.45) is 22.7 Å². The summed E-state index contributed by atoms with van der Waals surface area (Å²) in [5, 5.41) is 39.1. The van der Waals surface area contributed by atoms with Crippen molar-refractivity contribution >= 4 is 35.6 Å². The second-order valence-corrected chi connectivity index (χ2v) is 18.0. The van der Waals surface area contributed by atoms with Crippen molar-refractivity contribution in [3.63, 3.8) is 0 Å². The Morgan fingerprint density at radius 2 is 1.42 bits per heavy atom. The highest BCUT2D eigenvalue weighted by atomic mass is 19.4. The molecule has 1 amide bonds. The van der Waals surface area contributed by atoms with Gasteiger partial charge in [-0.05, 0) is 72.4 Å². The van der Waals surface area contributed by atoms with Crippen LogP contribution < -0.4 is 5.32 Å². The number of ketones is 1. The molecule has 1 heterocycles. The molecular formula is C48H50F3NO14. The number of amides is 1.